The van der Waals surface area contributed by atoms with Gasteiger partial charge in [0.05, 0.1) is 39.6 Å². The van der Waals surface area contributed by atoms with E-state index in [4.69, 9.17) is 25.8 Å². The van der Waals surface area contributed by atoms with Crippen molar-refractivity contribution in [1.82, 2.24) is 4.90 Å². The van der Waals surface area contributed by atoms with E-state index in [1.807, 2.05) is 31.2 Å². The fourth-order valence-corrected chi connectivity index (χ4v) is 5.28. The van der Waals surface area contributed by atoms with Gasteiger partial charge in [-0.15, -0.1) is 11.3 Å². The molecule has 8 heteroatoms. The molecular formula is C25H27ClN2O4S. The van der Waals surface area contributed by atoms with E-state index in [1.165, 1.54) is 10.4 Å². The summed E-state index contributed by atoms with van der Waals surface area (Å²) < 4.78 is 16.5. The third-order valence-corrected chi connectivity index (χ3v) is 7.22. The van der Waals surface area contributed by atoms with Crippen molar-refractivity contribution < 1.29 is 19.0 Å². The number of nitrogens with zero attached hydrogens (tertiary/aromatic N) is 1. The van der Waals surface area contributed by atoms with Crippen molar-refractivity contribution in [2.45, 2.75) is 19.4 Å². The number of thiophene rings is 1. The zero-order chi connectivity index (χ0) is 23.5. The van der Waals surface area contributed by atoms with Crippen molar-refractivity contribution in [1.29, 1.82) is 0 Å². The molecule has 0 fully saturated rings. The number of hydrogen-bond donors (Lipinski definition) is 1. The quantitative estimate of drug-likeness (QED) is 0.489. The lowest BCUT2D eigenvalue weighted by Gasteiger charge is -2.37. The van der Waals surface area contributed by atoms with E-state index in [2.05, 4.69) is 21.7 Å². The van der Waals surface area contributed by atoms with Gasteiger partial charge >= 0.3 is 0 Å². The molecule has 174 valence electrons. The van der Waals surface area contributed by atoms with Crippen LogP contribution in [0.15, 0.2) is 41.8 Å². The van der Waals surface area contributed by atoms with Gasteiger partial charge < -0.3 is 19.5 Å². The van der Waals surface area contributed by atoms with Gasteiger partial charge in [-0.3, -0.25) is 9.69 Å². The van der Waals surface area contributed by atoms with Gasteiger partial charge in [-0.05, 0) is 59.7 Å². The second-order valence-electron chi connectivity index (χ2n) is 7.89. The predicted octanol–water partition coefficient (Wildman–Crippen LogP) is 5.32. The normalized spacial score (nSPS) is 15.6. The summed E-state index contributed by atoms with van der Waals surface area (Å²) in [6, 6.07) is 11.7. The third-order valence-electron chi connectivity index (χ3n) is 5.89. The Morgan fingerprint density at radius 3 is 2.52 bits per heavy atom. The van der Waals surface area contributed by atoms with Crippen LogP contribution in [0.4, 0.5) is 5.69 Å². The van der Waals surface area contributed by atoms with Gasteiger partial charge in [0.1, 0.15) is 5.75 Å². The summed E-state index contributed by atoms with van der Waals surface area (Å²) in [6.07, 6.45) is 0.814. The van der Waals surface area contributed by atoms with Crippen molar-refractivity contribution in [3.63, 3.8) is 0 Å². The average molecular weight is 487 g/mol. The molecule has 0 saturated heterocycles. The van der Waals surface area contributed by atoms with E-state index >= 15 is 0 Å². The Balaban J connectivity index is 1.63. The first-order chi connectivity index (χ1) is 15.9. The molecule has 1 N–H and O–H groups in total. The first kappa shape index (κ1) is 23.4. The first-order valence-corrected chi connectivity index (χ1v) is 11.9. The van der Waals surface area contributed by atoms with E-state index in [9.17, 15) is 4.79 Å². The van der Waals surface area contributed by atoms with E-state index in [0.29, 0.717) is 22.2 Å². The minimum absolute atomic E-state index is 0.0480. The number of benzene rings is 2. The van der Waals surface area contributed by atoms with Crippen LogP contribution < -0.4 is 19.5 Å². The highest BCUT2D eigenvalue weighted by molar-refractivity contribution is 7.10. The molecule has 0 unspecified atom stereocenters. The Hall–Kier alpha value is -2.74. The molecule has 33 heavy (non-hydrogen) atoms. The number of methoxy groups -OCH3 is 3. The SMILES string of the molecule is COc1cc(Cl)c(C)cc1NC(=O)CN1CCc2cc(OC)c(OC)cc2[C@H]1c1cccs1. The lowest BCUT2D eigenvalue weighted by atomic mass is 9.91. The number of carbonyl (C=O) groups excluding carboxylic acids is 1. The highest BCUT2D eigenvalue weighted by Crippen LogP contribution is 2.42. The Morgan fingerprint density at radius 1 is 1.12 bits per heavy atom. The molecule has 2 heterocycles. The van der Waals surface area contributed by atoms with Gasteiger partial charge in [0.15, 0.2) is 11.5 Å². The van der Waals surface area contributed by atoms with Gasteiger partial charge in [-0.25, -0.2) is 0 Å². The van der Waals surface area contributed by atoms with Gasteiger partial charge in [0.25, 0.3) is 0 Å². The maximum atomic E-state index is 13.1. The Kier molecular flexibility index (Phi) is 7.12. The zero-order valence-corrected chi connectivity index (χ0v) is 20.7. The summed E-state index contributed by atoms with van der Waals surface area (Å²) >= 11 is 7.89. The van der Waals surface area contributed by atoms with Gasteiger partial charge in [-0.1, -0.05) is 17.7 Å². The Labute approximate surface area is 203 Å². The number of rotatable bonds is 7. The standard InChI is InChI=1S/C25H27ClN2O4S/c1-15-10-19(20(30-2)13-18(15)26)27-24(29)14-28-8-7-16-11-21(31-3)22(32-4)12-17(16)25(28)23-6-5-9-33-23/h5-6,9-13,25H,7-8,14H2,1-4H3,(H,27,29)/t25-/m0/s1. The fraction of sp³-hybridized carbons (Fsp3) is 0.320. The zero-order valence-electron chi connectivity index (χ0n) is 19.1. The summed E-state index contributed by atoms with van der Waals surface area (Å²) in [5, 5.41) is 5.66. The number of halogens is 1. The molecule has 6 nitrogen and oxygen atoms in total. The van der Waals surface area contributed by atoms with Crippen molar-refractivity contribution in [3.05, 3.63) is 68.4 Å². The Morgan fingerprint density at radius 2 is 1.85 bits per heavy atom. The maximum Gasteiger partial charge on any atom is 0.238 e. The summed E-state index contributed by atoms with van der Waals surface area (Å²) in [5.74, 6) is 1.83. The molecule has 0 bridgehead atoms. The van der Waals surface area contributed by atoms with Crippen LogP contribution in [-0.2, 0) is 11.2 Å². The molecule has 2 aromatic carbocycles. The molecule has 0 spiro atoms. The van der Waals surface area contributed by atoms with Crippen LogP contribution in [-0.4, -0.2) is 45.2 Å². The van der Waals surface area contributed by atoms with Crippen LogP contribution >= 0.6 is 22.9 Å². The predicted molar refractivity (Wildman–Crippen MR) is 132 cm³/mol. The molecule has 1 aliphatic rings. The van der Waals surface area contributed by atoms with Crippen LogP contribution in [0.5, 0.6) is 17.2 Å². The van der Waals surface area contributed by atoms with Crippen LogP contribution in [0.1, 0.15) is 27.6 Å². The van der Waals surface area contributed by atoms with Crippen molar-refractivity contribution in [2.24, 2.45) is 0 Å². The Bertz CT molecular complexity index is 1150. The number of anilines is 1. The minimum atomic E-state index is -0.111. The van der Waals surface area contributed by atoms with E-state index in [1.54, 1.807) is 38.7 Å². The molecule has 0 radical (unpaired) electrons. The summed E-state index contributed by atoms with van der Waals surface area (Å²) in [6.45, 7) is 2.88. The van der Waals surface area contributed by atoms with Crippen molar-refractivity contribution >= 4 is 34.5 Å². The highest BCUT2D eigenvalue weighted by atomic mass is 35.5. The van der Waals surface area contributed by atoms with Crippen LogP contribution in [0, 0.1) is 6.92 Å². The number of hydrogen-bond acceptors (Lipinski definition) is 6. The van der Waals surface area contributed by atoms with Crippen molar-refractivity contribution in [2.75, 3.05) is 39.7 Å². The highest BCUT2D eigenvalue weighted by Gasteiger charge is 2.32. The molecule has 0 saturated carbocycles. The molecule has 3 aromatic rings. The van der Waals surface area contributed by atoms with E-state index < -0.39 is 0 Å². The molecule has 1 aromatic heterocycles. The van der Waals surface area contributed by atoms with Crippen molar-refractivity contribution in [3.8, 4) is 17.2 Å². The van der Waals surface area contributed by atoms with Crippen LogP contribution in [0.25, 0.3) is 0 Å². The summed E-state index contributed by atoms with van der Waals surface area (Å²) in [7, 11) is 4.85. The largest absolute Gasteiger partial charge is 0.495 e. The second kappa shape index (κ2) is 10.0. The molecular weight excluding hydrogens is 460 g/mol. The van der Waals surface area contributed by atoms with Gasteiger partial charge in [0, 0.05) is 22.5 Å². The summed E-state index contributed by atoms with van der Waals surface area (Å²) in [4.78, 5) is 16.5. The fourth-order valence-electron chi connectivity index (χ4n) is 4.25. The lowest BCUT2D eigenvalue weighted by molar-refractivity contribution is -0.117. The number of aryl methyl sites for hydroxylation is 1. The minimum Gasteiger partial charge on any atom is -0.495 e. The number of nitrogens with one attached hydrogen (secondary N) is 1. The molecule has 1 aliphatic heterocycles. The third kappa shape index (κ3) is 4.81. The van der Waals surface area contributed by atoms with E-state index in [-0.39, 0.29) is 18.5 Å². The number of ether oxygens (including phenoxy) is 3. The second-order valence-corrected chi connectivity index (χ2v) is 9.28. The summed E-state index contributed by atoms with van der Waals surface area (Å²) in [5.41, 5.74) is 3.82. The lowest BCUT2D eigenvalue weighted by Crippen LogP contribution is -2.41. The first-order valence-electron chi connectivity index (χ1n) is 10.6. The molecule has 4 rings (SSSR count). The number of carbonyl (C=O) groups is 1. The average Bonchev–Trinajstić information content (AvgIpc) is 3.34. The smallest absolute Gasteiger partial charge is 0.238 e. The van der Waals surface area contributed by atoms with Crippen LogP contribution in [0.2, 0.25) is 5.02 Å². The number of amides is 1. The molecule has 1 atom stereocenters. The van der Waals surface area contributed by atoms with E-state index in [0.717, 1.165) is 29.8 Å². The van der Waals surface area contributed by atoms with Gasteiger partial charge in [0.2, 0.25) is 5.91 Å². The van der Waals surface area contributed by atoms with Crippen LogP contribution in [0.3, 0.4) is 0 Å². The monoisotopic (exact) mass is 486 g/mol. The topological polar surface area (TPSA) is 60.0 Å². The maximum absolute atomic E-state index is 13.1. The molecule has 0 aliphatic carbocycles. The molecule has 1 amide bonds. The van der Waals surface area contributed by atoms with Gasteiger partial charge in [-0.2, -0.15) is 0 Å². The number of fused-ring (bicyclic) bond motifs is 1.